The first-order valence-corrected chi connectivity index (χ1v) is 8.18. The van der Waals surface area contributed by atoms with Crippen molar-refractivity contribution in [2.75, 3.05) is 5.32 Å². The molecule has 2 unspecified atom stereocenters. The molecule has 2 aromatic carbocycles. The largest absolute Gasteiger partial charge is 0.323 e. The Morgan fingerprint density at radius 1 is 1.16 bits per heavy atom. The van der Waals surface area contributed by atoms with Crippen LogP contribution in [0.15, 0.2) is 54.6 Å². The number of carbonyl (C=O) groups excluding carboxylic acids is 1. The second-order valence-electron chi connectivity index (χ2n) is 5.88. The Hall–Kier alpha value is -2.37. The van der Waals surface area contributed by atoms with Crippen molar-refractivity contribution in [1.29, 1.82) is 0 Å². The molecule has 0 radical (unpaired) electrons. The third-order valence-electron chi connectivity index (χ3n) is 4.34. The summed E-state index contributed by atoms with van der Waals surface area (Å²) < 4.78 is 1.99. The molecule has 3 N–H and O–H groups in total. The average Bonchev–Trinajstić information content (AvgIpc) is 2.98. The first-order valence-electron chi connectivity index (χ1n) is 8.18. The Bertz CT molecular complexity index is 847. The minimum absolute atomic E-state index is 0. The third-order valence-corrected chi connectivity index (χ3v) is 4.34. The maximum absolute atomic E-state index is 12.6. The molecule has 1 aromatic heterocycles. The maximum atomic E-state index is 12.6. The van der Waals surface area contributed by atoms with Gasteiger partial charge in [0.15, 0.2) is 0 Å². The number of anilines is 1. The molecule has 0 aliphatic heterocycles. The van der Waals surface area contributed by atoms with Crippen LogP contribution in [0.1, 0.15) is 25.5 Å². The fourth-order valence-electron chi connectivity index (χ4n) is 2.84. The number of para-hydroxylation sites is 2. The topological polar surface area (TPSA) is 72.9 Å². The Morgan fingerprint density at radius 3 is 2.48 bits per heavy atom. The predicted octanol–water partition coefficient (Wildman–Crippen LogP) is 3.75. The van der Waals surface area contributed by atoms with Crippen molar-refractivity contribution in [2.24, 2.45) is 11.7 Å². The van der Waals surface area contributed by atoms with Gasteiger partial charge in [-0.3, -0.25) is 10.1 Å². The molecule has 6 heteroatoms. The van der Waals surface area contributed by atoms with E-state index in [4.69, 9.17) is 5.73 Å². The summed E-state index contributed by atoms with van der Waals surface area (Å²) in [6, 6.07) is 17.2. The van der Waals surface area contributed by atoms with Crippen LogP contribution >= 0.6 is 12.4 Å². The van der Waals surface area contributed by atoms with Crippen molar-refractivity contribution in [3.8, 4) is 0 Å². The quantitative estimate of drug-likeness (QED) is 0.729. The number of nitrogens with one attached hydrogen (secondary N) is 1. The molecule has 0 spiro atoms. The number of nitrogens with zero attached hydrogens (tertiary/aromatic N) is 2. The summed E-state index contributed by atoms with van der Waals surface area (Å²) in [6.45, 7) is 4.60. The molecule has 0 aliphatic carbocycles. The zero-order valence-corrected chi connectivity index (χ0v) is 15.2. The van der Waals surface area contributed by atoms with Gasteiger partial charge in [-0.05, 0) is 24.6 Å². The maximum Gasteiger partial charge on any atom is 0.231 e. The number of imidazole rings is 1. The zero-order chi connectivity index (χ0) is 17.1. The molecule has 0 saturated carbocycles. The SMILES string of the molecule is CCn1c(NC(=O)C(C)C(N)c2ccccc2)nc2ccccc21.Cl. The molecule has 0 bridgehead atoms. The van der Waals surface area contributed by atoms with E-state index in [-0.39, 0.29) is 30.3 Å². The second-order valence-corrected chi connectivity index (χ2v) is 5.88. The standard InChI is InChI=1S/C19H22N4O.ClH/c1-3-23-16-12-8-7-11-15(16)21-19(23)22-18(24)13(2)17(20)14-9-5-4-6-10-14;/h4-13,17H,3,20H2,1-2H3,(H,21,22,24);1H. The molecular weight excluding hydrogens is 336 g/mol. The number of fused-ring (bicyclic) bond motifs is 1. The second kappa shape index (κ2) is 8.14. The van der Waals surface area contributed by atoms with Gasteiger partial charge in [-0.25, -0.2) is 4.98 Å². The van der Waals surface area contributed by atoms with E-state index >= 15 is 0 Å². The smallest absolute Gasteiger partial charge is 0.231 e. The molecule has 2 atom stereocenters. The van der Waals surface area contributed by atoms with Crippen LogP contribution in [0.5, 0.6) is 0 Å². The van der Waals surface area contributed by atoms with E-state index in [9.17, 15) is 4.79 Å². The lowest BCUT2D eigenvalue weighted by Crippen LogP contribution is -2.31. The van der Waals surface area contributed by atoms with E-state index in [0.717, 1.165) is 23.1 Å². The zero-order valence-electron chi connectivity index (χ0n) is 14.3. The van der Waals surface area contributed by atoms with Gasteiger partial charge in [-0.1, -0.05) is 49.4 Å². The molecule has 0 saturated heterocycles. The van der Waals surface area contributed by atoms with Gasteiger partial charge in [0, 0.05) is 12.6 Å². The highest BCUT2D eigenvalue weighted by atomic mass is 35.5. The van der Waals surface area contributed by atoms with Crippen molar-refractivity contribution in [2.45, 2.75) is 26.4 Å². The number of aromatic nitrogens is 2. The summed E-state index contributed by atoms with van der Waals surface area (Å²) >= 11 is 0. The molecular formula is C19H23ClN4O. The van der Waals surface area contributed by atoms with E-state index in [1.54, 1.807) is 0 Å². The Kier molecular flexibility index (Phi) is 6.17. The van der Waals surface area contributed by atoms with Gasteiger partial charge in [-0.15, -0.1) is 12.4 Å². The molecule has 25 heavy (non-hydrogen) atoms. The van der Waals surface area contributed by atoms with E-state index < -0.39 is 0 Å². The van der Waals surface area contributed by atoms with Crippen molar-refractivity contribution in [3.05, 3.63) is 60.2 Å². The van der Waals surface area contributed by atoms with E-state index in [1.807, 2.05) is 73.0 Å². The molecule has 1 heterocycles. The number of carbonyl (C=O) groups is 1. The lowest BCUT2D eigenvalue weighted by atomic mass is 9.95. The number of rotatable bonds is 5. The number of benzene rings is 2. The van der Waals surface area contributed by atoms with Gasteiger partial charge in [0.25, 0.3) is 0 Å². The molecule has 3 rings (SSSR count). The van der Waals surface area contributed by atoms with E-state index in [2.05, 4.69) is 10.3 Å². The molecule has 0 aliphatic rings. The highest BCUT2D eigenvalue weighted by Crippen LogP contribution is 2.23. The third kappa shape index (κ3) is 3.83. The normalized spacial score (nSPS) is 13.1. The monoisotopic (exact) mass is 358 g/mol. The lowest BCUT2D eigenvalue weighted by molar-refractivity contribution is -0.120. The number of hydrogen-bond acceptors (Lipinski definition) is 3. The highest BCUT2D eigenvalue weighted by molar-refractivity contribution is 5.93. The molecule has 0 fully saturated rings. The average molecular weight is 359 g/mol. The van der Waals surface area contributed by atoms with Crippen LogP contribution < -0.4 is 11.1 Å². The predicted molar refractivity (Wildman–Crippen MR) is 104 cm³/mol. The molecule has 1 amide bonds. The number of nitrogens with two attached hydrogens (primary N) is 1. The van der Waals surface area contributed by atoms with Gasteiger partial charge in [0.1, 0.15) is 0 Å². The Balaban J connectivity index is 0.00000225. The summed E-state index contributed by atoms with van der Waals surface area (Å²) in [6.07, 6.45) is 0. The summed E-state index contributed by atoms with van der Waals surface area (Å²) in [5, 5.41) is 2.93. The Morgan fingerprint density at radius 2 is 1.80 bits per heavy atom. The van der Waals surface area contributed by atoms with Gasteiger partial charge in [0.2, 0.25) is 11.9 Å². The lowest BCUT2D eigenvalue weighted by Gasteiger charge is -2.19. The summed E-state index contributed by atoms with van der Waals surface area (Å²) in [5.74, 6) is 0.0738. The van der Waals surface area contributed by atoms with Crippen LogP contribution in [-0.2, 0) is 11.3 Å². The van der Waals surface area contributed by atoms with Crippen molar-refractivity contribution < 1.29 is 4.79 Å². The first-order chi connectivity index (χ1) is 11.6. The molecule has 5 nitrogen and oxygen atoms in total. The van der Waals surface area contributed by atoms with Gasteiger partial charge in [-0.2, -0.15) is 0 Å². The molecule has 3 aromatic rings. The van der Waals surface area contributed by atoms with Crippen LogP contribution in [-0.4, -0.2) is 15.5 Å². The fraction of sp³-hybridized carbons (Fsp3) is 0.263. The molecule has 132 valence electrons. The summed E-state index contributed by atoms with van der Waals surface area (Å²) in [4.78, 5) is 17.2. The van der Waals surface area contributed by atoms with Crippen LogP contribution in [0, 0.1) is 5.92 Å². The van der Waals surface area contributed by atoms with E-state index in [1.165, 1.54) is 0 Å². The first kappa shape index (κ1) is 19.0. The summed E-state index contributed by atoms with van der Waals surface area (Å²) in [5.41, 5.74) is 9.08. The summed E-state index contributed by atoms with van der Waals surface area (Å²) in [7, 11) is 0. The van der Waals surface area contributed by atoms with Gasteiger partial charge < -0.3 is 10.3 Å². The van der Waals surface area contributed by atoms with Crippen LogP contribution in [0.3, 0.4) is 0 Å². The van der Waals surface area contributed by atoms with Crippen molar-refractivity contribution >= 4 is 35.3 Å². The number of aryl methyl sites for hydroxylation is 1. The van der Waals surface area contributed by atoms with Crippen molar-refractivity contribution in [3.63, 3.8) is 0 Å². The number of hydrogen-bond donors (Lipinski definition) is 2. The van der Waals surface area contributed by atoms with E-state index in [0.29, 0.717) is 5.95 Å². The minimum atomic E-state index is -0.363. The highest BCUT2D eigenvalue weighted by Gasteiger charge is 2.23. The van der Waals surface area contributed by atoms with Crippen LogP contribution in [0.4, 0.5) is 5.95 Å². The van der Waals surface area contributed by atoms with Crippen molar-refractivity contribution in [1.82, 2.24) is 9.55 Å². The number of halogens is 1. The Labute approximate surface area is 153 Å². The fourth-order valence-corrected chi connectivity index (χ4v) is 2.84. The van der Waals surface area contributed by atoms with Gasteiger partial charge >= 0.3 is 0 Å². The minimum Gasteiger partial charge on any atom is -0.323 e. The van der Waals surface area contributed by atoms with Crippen LogP contribution in [0.2, 0.25) is 0 Å². The van der Waals surface area contributed by atoms with Crippen LogP contribution in [0.25, 0.3) is 11.0 Å². The number of amides is 1. The van der Waals surface area contributed by atoms with Gasteiger partial charge in [0.05, 0.1) is 17.0 Å².